The van der Waals surface area contributed by atoms with Crippen molar-refractivity contribution in [2.75, 3.05) is 5.32 Å². The molecule has 2 aromatic carbocycles. The molecule has 3 aromatic rings. The summed E-state index contributed by atoms with van der Waals surface area (Å²) < 4.78 is 79.7. The molecule has 1 heterocycles. The average Bonchev–Trinajstić information content (AvgIpc) is 3.10. The average molecular weight is 399 g/mol. The molecule has 0 radical (unpaired) electrons. The first kappa shape index (κ1) is 19.5. The molecule has 0 unspecified atom stereocenters. The second-order valence-corrected chi connectivity index (χ2v) is 5.63. The van der Waals surface area contributed by atoms with E-state index in [0.717, 1.165) is 6.07 Å². The van der Waals surface area contributed by atoms with Crippen LogP contribution >= 0.6 is 0 Å². The number of nitrogens with zero attached hydrogens (tertiary/aromatic N) is 2. The summed E-state index contributed by atoms with van der Waals surface area (Å²) in [6.07, 6.45) is -3.01. The molecule has 1 N–H and O–H groups in total. The van der Waals surface area contributed by atoms with Crippen LogP contribution in [0.2, 0.25) is 0 Å². The minimum Gasteiger partial charge on any atom is -0.305 e. The SMILES string of the molecule is O=C(Nc1ccccc1-c1cc(F)c(F)cc1F)n1nc(C(F)F)cc1CF. The quantitative estimate of drug-likeness (QED) is 0.468. The Morgan fingerprint density at radius 1 is 1.00 bits per heavy atom. The molecule has 146 valence electrons. The maximum Gasteiger partial charge on any atom is 0.346 e. The Kier molecular flexibility index (Phi) is 5.39. The Labute approximate surface area is 154 Å². The zero-order valence-corrected chi connectivity index (χ0v) is 13.9. The van der Waals surface area contributed by atoms with E-state index in [4.69, 9.17) is 0 Å². The van der Waals surface area contributed by atoms with Gasteiger partial charge in [0.1, 0.15) is 18.2 Å². The highest BCUT2D eigenvalue weighted by atomic mass is 19.3. The summed E-state index contributed by atoms with van der Waals surface area (Å²) in [7, 11) is 0. The lowest BCUT2D eigenvalue weighted by Crippen LogP contribution is -2.23. The third-order valence-electron chi connectivity index (χ3n) is 3.82. The van der Waals surface area contributed by atoms with E-state index in [2.05, 4.69) is 10.4 Å². The minimum atomic E-state index is -3.01. The van der Waals surface area contributed by atoms with E-state index >= 15 is 0 Å². The second kappa shape index (κ2) is 7.75. The maximum atomic E-state index is 14.1. The molecule has 3 rings (SSSR count). The fourth-order valence-corrected chi connectivity index (χ4v) is 2.54. The van der Waals surface area contributed by atoms with Gasteiger partial charge in [0, 0.05) is 17.2 Å². The van der Waals surface area contributed by atoms with E-state index in [9.17, 15) is 31.1 Å². The van der Waals surface area contributed by atoms with Gasteiger partial charge < -0.3 is 5.32 Å². The number of anilines is 1. The topological polar surface area (TPSA) is 46.9 Å². The van der Waals surface area contributed by atoms with Gasteiger partial charge in [0.15, 0.2) is 11.6 Å². The molecule has 0 bridgehead atoms. The van der Waals surface area contributed by atoms with Crippen LogP contribution in [0.4, 0.5) is 36.8 Å². The molecule has 10 heteroatoms. The Bertz CT molecular complexity index is 1030. The summed E-state index contributed by atoms with van der Waals surface area (Å²) in [5, 5.41) is 5.63. The van der Waals surface area contributed by atoms with Gasteiger partial charge in [-0.3, -0.25) is 0 Å². The number of aromatic nitrogens is 2. The molecule has 0 saturated heterocycles. The highest BCUT2D eigenvalue weighted by Gasteiger charge is 2.21. The van der Waals surface area contributed by atoms with Crippen LogP contribution in [-0.4, -0.2) is 15.8 Å². The van der Waals surface area contributed by atoms with Gasteiger partial charge in [-0.1, -0.05) is 18.2 Å². The van der Waals surface area contributed by atoms with E-state index < -0.39 is 48.0 Å². The zero-order valence-electron chi connectivity index (χ0n) is 13.9. The van der Waals surface area contributed by atoms with Crippen LogP contribution < -0.4 is 5.32 Å². The number of benzene rings is 2. The number of hydrogen-bond acceptors (Lipinski definition) is 2. The molecule has 4 nitrogen and oxygen atoms in total. The summed E-state index contributed by atoms with van der Waals surface area (Å²) in [6.45, 7) is -1.23. The van der Waals surface area contributed by atoms with Crippen molar-refractivity contribution in [3.63, 3.8) is 0 Å². The number of nitrogens with one attached hydrogen (secondary N) is 1. The van der Waals surface area contributed by atoms with Crippen molar-refractivity contribution >= 4 is 11.7 Å². The Morgan fingerprint density at radius 3 is 2.36 bits per heavy atom. The van der Waals surface area contributed by atoms with Gasteiger partial charge in [-0.15, -0.1) is 0 Å². The predicted octanol–water partition coefficient (Wildman–Crippen LogP) is 5.45. The van der Waals surface area contributed by atoms with Gasteiger partial charge in [-0.05, 0) is 18.2 Å². The van der Waals surface area contributed by atoms with Crippen molar-refractivity contribution in [1.29, 1.82) is 0 Å². The van der Waals surface area contributed by atoms with Crippen molar-refractivity contribution < 1.29 is 31.1 Å². The molecule has 0 atom stereocenters. The maximum absolute atomic E-state index is 14.1. The summed E-state index contributed by atoms with van der Waals surface area (Å²) in [4.78, 5) is 12.4. The third kappa shape index (κ3) is 3.71. The molecule has 0 aliphatic heterocycles. The van der Waals surface area contributed by atoms with Gasteiger partial charge in [-0.25, -0.2) is 31.1 Å². The molecule has 1 amide bonds. The van der Waals surface area contributed by atoms with Crippen LogP contribution in [0.1, 0.15) is 17.8 Å². The third-order valence-corrected chi connectivity index (χ3v) is 3.82. The number of carbonyl (C=O) groups excluding carboxylic acids is 1. The van der Waals surface area contributed by atoms with Gasteiger partial charge >= 0.3 is 6.03 Å². The Balaban J connectivity index is 1.99. The standard InChI is InChI=1S/C18H11F6N3O/c19-8-9-5-16(17(23)24)26-27(9)18(28)25-15-4-2-1-3-10(15)11-6-13(21)14(22)7-12(11)20/h1-7,17H,8H2,(H,25,28). The fraction of sp³-hybridized carbons (Fsp3) is 0.111. The fourth-order valence-electron chi connectivity index (χ4n) is 2.54. The zero-order chi connectivity index (χ0) is 20.4. The Morgan fingerprint density at radius 2 is 1.68 bits per heavy atom. The number of para-hydroxylation sites is 1. The van der Waals surface area contributed by atoms with Crippen LogP contribution in [0, 0.1) is 17.5 Å². The van der Waals surface area contributed by atoms with E-state index in [1.54, 1.807) is 0 Å². The predicted molar refractivity (Wildman–Crippen MR) is 88.2 cm³/mol. The first-order valence-electron chi connectivity index (χ1n) is 7.80. The largest absolute Gasteiger partial charge is 0.346 e. The number of rotatable bonds is 4. The summed E-state index contributed by atoms with van der Waals surface area (Å²) in [6, 6.07) is 6.19. The molecular weight excluding hydrogens is 388 g/mol. The summed E-state index contributed by atoms with van der Waals surface area (Å²) in [5.41, 5.74) is -1.59. The van der Waals surface area contributed by atoms with Crippen molar-refractivity contribution in [2.45, 2.75) is 13.1 Å². The Hall–Kier alpha value is -3.30. The van der Waals surface area contributed by atoms with Gasteiger partial charge in [0.05, 0.1) is 11.4 Å². The highest BCUT2D eigenvalue weighted by Crippen LogP contribution is 2.31. The van der Waals surface area contributed by atoms with Crippen LogP contribution in [0.5, 0.6) is 0 Å². The van der Waals surface area contributed by atoms with Gasteiger partial charge in [0.2, 0.25) is 0 Å². The van der Waals surface area contributed by atoms with E-state index in [1.807, 2.05) is 0 Å². The smallest absolute Gasteiger partial charge is 0.305 e. The normalized spacial score (nSPS) is 11.1. The molecule has 0 spiro atoms. The lowest BCUT2D eigenvalue weighted by atomic mass is 10.0. The first-order chi connectivity index (χ1) is 13.3. The molecule has 0 aliphatic rings. The summed E-state index contributed by atoms with van der Waals surface area (Å²) in [5.74, 6) is -3.76. The second-order valence-electron chi connectivity index (χ2n) is 5.63. The number of halogens is 6. The van der Waals surface area contributed by atoms with Gasteiger partial charge in [-0.2, -0.15) is 9.78 Å². The van der Waals surface area contributed by atoms with Gasteiger partial charge in [0.25, 0.3) is 6.43 Å². The van der Waals surface area contributed by atoms with Crippen LogP contribution in [-0.2, 0) is 6.67 Å². The minimum absolute atomic E-state index is 0.00436. The number of amides is 1. The lowest BCUT2D eigenvalue weighted by Gasteiger charge is -2.13. The number of hydrogen-bond donors (Lipinski definition) is 1. The van der Waals surface area contributed by atoms with Crippen molar-refractivity contribution in [1.82, 2.24) is 9.78 Å². The van der Waals surface area contributed by atoms with Crippen LogP contribution in [0.15, 0.2) is 42.5 Å². The van der Waals surface area contributed by atoms with Crippen molar-refractivity contribution in [3.8, 4) is 11.1 Å². The first-order valence-corrected chi connectivity index (χ1v) is 7.80. The van der Waals surface area contributed by atoms with E-state index in [-0.39, 0.29) is 16.8 Å². The van der Waals surface area contributed by atoms with E-state index in [0.29, 0.717) is 16.8 Å². The molecule has 0 saturated carbocycles. The molecule has 0 aliphatic carbocycles. The lowest BCUT2D eigenvalue weighted by molar-refractivity contribution is 0.145. The summed E-state index contributed by atoms with van der Waals surface area (Å²) >= 11 is 0. The monoisotopic (exact) mass is 399 g/mol. The molecule has 1 aromatic heterocycles. The number of carbonyl (C=O) groups is 1. The van der Waals surface area contributed by atoms with Crippen LogP contribution in [0.3, 0.4) is 0 Å². The highest BCUT2D eigenvalue weighted by molar-refractivity contribution is 5.95. The molecule has 0 fully saturated rings. The molecular formula is C18H11F6N3O. The van der Waals surface area contributed by atoms with Crippen LogP contribution in [0.25, 0.3) is 11.1 Å². The van der Waals surface area contributed by atoms with Crippen molar-refractivity contribution in [2.24, 2.45) is 0 Å². The van der Waals surface area contributed by atoms with E-state index in [1.165, 1.54) is 24.3 Å². The molecule has 28 heavy (non-hydrogen) atoms. The van der Waals surface area contributed by atoms with Crippen molar-refractivity contribution in [3.05, 3.63) is 71.3 Å². The number of alkyl halides is 3.